The third kappa shape index (κ3) is 26.4. The second-order valence-corrected chi connectivity index (χ2v) is 15.9. The molecule has 1 fully saturated rings. The summed E-state index contributed by atoms with van der Waals surface area (Å²) >= 11 is 0. The molecule has 2 unspecified atom stereocenters. The number of ether oxygens (including phenoxy) is 2. The molecule has 1 aliphatic heterocycles. The van der Waals surface area contributed by atoms with E-state index in [-0.39, 0.29) is 12.5 Å². The van der Waals surface area contributed by atoms with Crippen LogP contribution < -0.4 is 5.32 Å². The Balaban J connectivity index is 2.37. The topological polar surface area (TPSA) is 149 Å². The molecule has 314 valence electrons. The predicted molar refractivity (Wildman–Crippen MR) is 217 cm³/mol. The number of unbranched alkanes of at least 4 members (excludes halogenated alkanes) is 27. The molecule has 0 bridgehead atoms. The van der Waals surface area contributed by atoms with Crippen molar-refractivity contribution in [2.45, 2.75) is 249 Å². The number of carbonyl (C=O) groups excluding carboxylic acids is 1. The van der Waals surface area contributed by atoms with E-state index in [9.17, 15) is 30.3 Å². The van der Waals surface area contributed by atoms with E-state index in [4.69, 9.17) is 9.47 Å². The van der Waals surface area contributed by atoms with Crippen LogP contribution in [0.3, 0.4) is 0 Å². The normalized spacial score (nSPS) is 21.7. The zero-order valence-corrected chi connectivity index (χ0v) is 34.3. The van der Waals surface area contributed by atoms with Gasteiger partial charge in [-0.3, -0.25) is 4.79 Å². The van der Waals surface area contributed by atoms with Gasteiger partial charge in [0, 0.05) is 6.42 Å². The van der Waals surface area contributed by atoms with E-state index in [0.717, 1.165) is 38.5 Å². The maximum Gasteiger partial charge on any atom is 0.220 e. The standard InChI is InChI=1S/C44H85NO8/c1-3-5-7-9-11-13-15-17-19-21-23-25-27-29-31-33-38(47)37(36-52-44-43(51)42(50)41(49)39(35-46)53-44)45-40(48)34-32-30-28-26-24-22-20-18-16-14-12-10-8-6-4-2/h31,33,37-39,41-44,46-47,49-51H,3-30,32,34-36H2,1-2H3,(H,45,48)/b33-31+/t37-,38+,39-,41-,42?,43?,44-/m0/s1. The molecule has 0 aromatic heterocycles. The largest absolute Gasteiger partial charge is 0.394 e. The van der Waals surface area contributed by atoms with Gasteiger partial charge < -0.3 is 40.3 Å². The Hall–Kier alpha value is -1.07. The predicted octanol–water partition coefficient (Wildman–Crippen LogP) is 8.95. The minimum absolute atomic E-state index is 0.175. The highest BCUT2D eigenvalue weighted by molar-refractivity contribution is 5.76. The lowest BCUT2D eigenvalue weighted by Crippen LogP contribution is -2.60. The Morgan fingerprint density at radius 2 is 1.04 bits per heavy atom. The molecule has 0 aromatic rings. The molecule has 1 saturated heterocycles. The lowest BCUT2D eigenvalue weighted by Gasteiger charge is -2.40. The van der Waals surface area contributed by atoms with Crippen LogP contribution in [0.1, 0.15) is 206 Å². The fourth-order valence-electron chi connectivity index (χ4n) is 7.21. The average Bonchev–Trinajstić information content (AvgIpc) is 3.16. The molecule has 9 heteroatoms. The minimum atomic E-state index is -1.56. The molecule has 53 heavy (non-hydrogen) atoms. The molecule has 1 heterocycles. The summed E-state index contributed by atoms with van der Waals surface area (Å²) in [5.41, 5.74) is 0. The maximum absolute atomic E-state index is 12.9. The number of hydrogen-bond acceptors (Lipinski definition) is 8. The third-order valence-corrected chi connectivity index (χ3v) is 10.9. The smallest absolute Gasteiger partial charge is 0.220 e. The molecule has 9 nitrogen and oxygen atoms in total. The van der Waals surface area contributed by atoms with E-state index in [1.165, 1.54) is 148 Å². The lowest BCUT2D eigenvalue weighted by molar-refractivity contribution is -0.302. The van der Waals surface area contributed by atoms with Crippen LogP contribution >= 0.6 is 0 Å². The number of nitrogens with one attached hydrogen (secondary N) is 1. The van der Waals surface area contributed by atoms with Gasteiger partial charge in [0.05, 0.1) is 25.4 Å². The van der Waals surface area contributed by atoms with Crippen molar-refractivity contribution in [1.29, 1.82) is 0 Å². The third-order valence-electron chi connectivity index (χ3n) is 10.9. The molecule has 1 rings (SSSR count). The highest BCUT2D eigenvalue weighted by atomic mass is 16.7. The molecule has 6 N–H and O–H groups in total. The quantitative estimate of drug-likeness (QED) is 0.0272. The molecule has 1 aliphatic rings. The molecule has 1 amide bonds. The first-order valence-corrected chi connectivity index (χ1v) is 22.4. The Morgan fingerprint density at radius 3 is 1.47 bits per heavy atom. The number of hydrogen-bond donors (Lipinski definition) is 6. The number of rotatable bonds is 37. The van der Waals surface area contributed by atoms with Crippen LogP contribution in [-0.4, -0.2) is 87.5 Å². The zero-order chi connectivity index (χ0) is 38.8. The Labute approximate surface area is 325 Å². The second-order valence-electron chi connectivity index (χ2n) is 15.9. The van der Waals surface area contributed by atoms with Crippen LogP contribution in [-0.2, 0) is 14.3 Å². The summed E-state index contributed by atoms with van der Waals surface area (Å²) < 4.78 is 11.2. The van der Waals surface area contributed by atoms with Gasteiger partial charge in [-0.2, -0.15) is 0 Å². The van der Waals surface area contributed by atoms with Gasteiger partial charge in [0.25, 0.3) is 0 Å². The Morgan fingerprint density at radius 1 is 0.623 bits per heavy atom. The van der Waals surface area contributed by atoms with Crippen molar-refractivity contribution in [2.24, 2.45) is 0 Å². The van der Waals surface area contributed by atoms with E-state index in [2.05, 4.69) is 19.2 Å². The van der Waals surface area contributed by atoms with Crippen LogP contribution in [0.15, 0.2) is 12.2 Å². The molecule has 0 saturated carbocycles. The van der Waals surface area contributed by atoms with Crippen LogP contribution in [0.4, 0.5) is 0 Å². The monoisotopic (exact) mass is 756 g/mol. The fraction of sp³-hybridized carbons (Fsp3) is 0.932. The second kappa shape index (κ2) is 35.4. The highest BCUT2D eigenvalue weighted by Crippen LogP contribution is 2.23. The fourth-order valence-corrected chi connectivity index (χ4v) is 7.21. The van der Waals surface area contributed by atoms with Gasteiger partial charge in [0.2, 0.25) is 5.91 Å². The maximum atomic E-state index is 12.9. The molecular weight excluding hydrogens is 670 g/mol. The van der Waals surface area contributed by atoms with E-state index >= 15 is 0 Å². The number of aliphatic hydroxyl groups is 5. The number of allylic oxidation sites excluding steroid dienone is 1. The Bertz CT molecular complexity index is 842. The van der Waals surface area contributed by atoms with Crippen molar-refractivity contribution in [2.75, 3.05) is 13.2 Å². The van der Waals surface area contributed by atoms with Gasteiger partial charge in [-0.1, -0.05) is 193 Å². The summed E-state index contributed by atoms with van der Waals surface area (Å²) in [5.74, 6) is -0.175. The molecule has 0 radical (unpaired) electrons. The summed E-state index contributed by atoms with van der Waals surface area (Å²) in [5, 5.41) is 54.1. The van der Waals surface area contributed by atoms with E-state index in [1.54, 1.807) is 6.08 Å². The number of amides is 1. The van der Waals surface area contributed by atoms with Crippen molar-refractivity contribution < 1.29 is 39.8 Å². The van der Waals surface area contributed by atoms with Crippen molar-refractivity contribution >= 4 is 5.91 Å². The molecule has 0 aromatic carbocycles. The summed E-state index contributed by atoms with van der Waals surface area (Å²) in [6, 6.07) is -0.797. The minimum Gasteiger partial charge on any atom is -0.394 e. The van der Waals surface area contributed by atoms with Crippen molar-refractivity contribution in [3.05, 3.63) is 12.2 Å². The first-order chi connectivity index (χ1) is 25.8. The summed E-state index contributed by atoms with van der Waals surface area (Å²) in [6.07, 6.45) is 32.5. The van der Waals surface area contributed by atoms with Crippen molar-refractivity contribution in [3.8, 4) is 0 Å². The first kappa shape index (κ1) is 49.9. The lowest BCUT2D eigenvalue weighted by atomic mass is 9.99. The van der Waals surface area contributed by atoms with Gasteiger partial charge in [0.15, 0.2) is 6.29 Å². The van der Waals surface area contributed by atoms with Crippen molar-refractivity contribution in [3.63, 3.8) is 0 Å². The SMILES string of the molecule is CCCCCCCCCCCCCCC/C=C/[C@@H](O)[C@H](CO[C@H]1O[C@@H](CO)[C@H](O)C(O)C1O)NC(=O)CCCCCCCCCCCCCCCCC. The summed E-state index contributed by atoms with van der Waals surface area (Å²) in [6.45, 7) is 3.78. The van der Waals surface area contributed by atoms with E-state index in [0.29, 0.717) is 6.42 Å². The van der Waals surface area contributed by atoms with E-state index in [1.807, 2.05) is 6.08 Å². The molecule has 0 aliphatic carbocycles. The van der Waals surface area contributed by atoms with Crippen LogP contribution in [0.5, 0.6) is 0 Å². The van der Waals surface area contributed by atoms with Crippen LogP contribution in [0.25, 0.3) is 0 Å². The van der Waals surface area contributed by atoms with Crippen LogP contribution in [0, 0.1) is 0 Å². The number of aliphatic hydroxyl groups excluding tert-OH is 5. The van der Waals surface area contributed by atoms with Gasteiger partial charge in [0.1, 0.15) is 24.4 Å². The highest BCUT2D eigenvalue weighted by Gasteiger charge is 2.44. The average molecular weight is 756 g/mol. The molecule has 0 spiro atoms. The summed E-state index contributed by atoms with van der Waals surface area (Å²) in [7, 11) is 0. The number of carbonyl (C=O) groups is 1. The first-order valence-electron chi connectivity index (χ1n) is 22.4. The molecular formula is C44H85NO8. The van der Waals surface area contributed by atoms with Crippen LogP contribution in [0.2, 0.25) is 0 Å². The summed E-state index contributed by atoms with van der Waals surface area (Å²) in [4.78, 5) is 12.9. The van der Waals surface area contributed by atoms with Gasteiger partial charge in [-0.05, 0) is 19.3 Å². The zero-order valence-electron chi connectivity index (χ0n) is 34.3. The Kier molecular flexibility index (Phi) is 33.3. The molecule has 7 atom stereocenters. The van der Waals surface area contributed by atoms with E-state index < -0.39 is 49.5 Å². The van der Waals surface area contributed by atoms with Crippen molar-refractivity contribution in [1.82, 2.24) is 5.32 Å². The van der Waals surface area contributed by atoms with Gasteiger partial charge >= 0.3 is 0 Å². The van der Waals surface area contributed by atoms with Gasteiger partial charge in [-0.15, -0.1) is 0 Å². The van der Waals surface area contributed by atoms with Gasteiger partial charge in [-0.25, -0.2) is 0 Å².